The van der Waals surface area contributed by atoms with E-state index in [1.54, 1.807) is 48.5 Å². The molecule has 5 heteroatoms. The maximum atomic E-state index is 11.7. The summed E-state index contributed by atoms with van der Waals surface area (Å²) >= 11 is 11.9. The Labute approximate surface area is 133 Å². The van der Waals surface area contributed by atoms with Crippen molar-refractivity contribution in [2.45, 2.75) is 6.42 Å². The third-order valence-electron chi connectivity index (χ3n) is 2.90. The fourth-order valence-corrected chi connectivity index (χ4v) is 2.44. The van der Waals surface area contributed by atoms with Crippen LogP contribution >= 0.6 is 23.2 Å². The van der Waals surface area contributed by atoms with E-state index in [0.29, 0.717) is 27.8 Å². The number of hydrogen-bond acceptors (Lipinski definition) is 1. The van der Waals surface area contributed by atoms with E-state index in [1.165, 1.54) is 4.90 Å². The average molecular weight is 322 g/mol. The number of benzene rings is 2. The first-order chi connectivity index (χ1) is 10.0. The lowest BCUT2D eigenvalue weighted by Crippen LogP contribution is -2.24. The molecule has 2 aromatic rings. The molecule has 0 fully saturated rings. The van der Waals surface area contributed by atoms with Gasteiger partial charge in [0.15, 0.2) is 0 Å². The number of carbonyl (C=O) groups is 1. The first-order valence-electron chi connectivity index (χ1n) is 6.21. The first-order valence-corrected chi connectivity index (χ1v) is 6.96. The van der Waals surface area contributed by atoms with Gasteiger partial charge in [-0.2, -0.15) is 0 Å². The van der Waals surface area contributed by atoms with Gasteiger partial charge in [0.1, 0.15) is 0 Å². The lowest BCUT2D eigenvalue weighted by atomic mass is 10.1. The van der Waals surface area contributed by atoms with Crippen LogP contribution in [0, 0.1) is 0 Å². The van der Waals surface area contributed by atoms with Crippen molar-refractivity contribution in [1.82, 2.24) is 0 Å². The number of nitrogens with zero attached hydrogens (tertiary/aromatic N) is 1. The Morgan fingerprint density at radius 1 is 1.19 bits per heavy atom. The van der Waals surface area contributed by atoms with Crippen molar-refractivity contribution in [3.63, 3.8) is 0 Å². The third-order valence-corrected chi connectivity index (χ3v) is 3.37. The highest BCUT2D eigenvalue weighted by Crippen LogP contribution is 2.32. The molecule has 0 radical (unpaired) electrons. The Hall–Kier alpha value is -1.97. The van der Waals surface area contributed by atoms with Gasteiger partial charge < -0.3 is 5.11 Å². The molecule has 0 saturated carbocycles. The average Bonchev–Trinajstić information content (AvgIpc) is 2.41. The minimum atomic E-state index is -1.09. The van der Waals surface area contributed by atoms with Crippen LogP contribution in [0.4, 0.5) is 16.2 Å². The number of anilines is 2. The second kappa shape index (κ2) is 6.66. The molecular weight excluding hydrogens is 309 g/mol. The van der Waals surface area contributed by atoms with Crippen LogP contribution in [-0.4, -0.2) is 11.2 Å². The van der Waals surface area contributed by atoms with Crippen LogP contribution in [0.5, 0.6) is 0 Å². The lowest BCUT2D eigenvalue weighted by Gasteiger charge is -2.22. The van der Waals surface area contributed by atoms with E-state index in [2.05, 4.69) is 6.58 Å². The van der Waals surface area contributed by atoms with E-state index in [4.69, 9.17) is 23.2 Å². The van der Waals surface area contributed by atoms with Crippen molar-refractivity contribution in [3.8, 4) is 0 Å². The van der Waals surface area contributed by atoms with Gasteiger partial charge in [0.25, 0.3) is 0 Å². The smallest absolute Gasteiger partial charge is 0.416 e. The highest BCUT2D eigenvalue weighted by atomic mass is 35.5. The Kier molecular flexibility index (Phi) is 4.89. The van der Waals surface area contributed by atoms with E-state index >= 15 is 0 Å². The Morgan fingerprint density at radius 2 is 1.90 bits per heavy atom. The van der Waals surface area contributed by atoms with Gasteiger partial charge in [-0.1, -0.05) is 35.3 Å². The second-order valence-electron chi connectivity index (χ2n) is 4.36. The standard InChI is InChI=1S/C16H13Cl2NO2/c1-2-4-11-9-13(18)7-8-15(11)19(16(20)21)14-6-3-5-12(17)10-14/h2-3,5-10H,1,4H2,(H,20,21). The molecule has 0 heterocycles. The van der Waals surface area contributed by atoms with Crippen LogP contribution in [-0.2, 0) is 6.42 Å². The van der Waals surface area contributed by atoms with Crippen LogP contribution in [0.3, 0.4) is 0 Å². The molecule has 108 valence electrons. The van der Waals surface area contributed by atoms with Crippen LogP contribution in [0.2, 0.25) is 10.0 Å². The predicted octanol–water partition coefficient (Wildman–Crippen LogP) is 5.54. The van der Waals surface area contributed by atoms with Gasteiger partial charge in [0.05, 0.1) is 11.4 Å². The van der Waals surface area contributed by atoms with Gasteiger partial charge in [-0.3, -0.25) is 0 Å². The summed E-state index contributed by atoms with van der Waals surface area (Å²) in [7, 11) is 0. The number of carboxylic acid groups (broad SMARTS) is 1. The summed E-state index contributed by atoms with van der Waals surface area (Å²) < 4.78 is 0. The number of amides is 1. The fourth-order valence-electron chi connectivity index (χ4n) is 2.06. The minimum absolute atomic E-state index is 0.470. The maximum absolute atomic E-state index is 11.7. The minimum Gasteiger partial charge on any atom is -0.464 e. The number of halogens is 2. The molecular formula is C16H13Cl2NO2. The van der Waals surface area contributed by atoms with Crippen LogP contribution < -0.4 is 4.90 Å². The highest BCUT2D eigenvalue weighted by Gasteiger charge is 2.20. The van der Waals surface area contributed by atoms with Crippen molar-refractivity contribution in [2.75, 3.05) is 4.90 Å². The molecule has 0 bridgehead atoms. The number of allylic oxidation sites excluding steroid dienone is 1. The quantitative estimate of drug-likeness (QED) is 0.751. The predicted molar refractivity (Wildman–Crippen MR) is 87.0 cm³/mol. The zero-order chi connectivity index (χ0) is 15.4. The van der Waals surface area contributed by atoms with Gasteiger partial charge in [-0.05, 0) is 48.4 Å². The summed E-state index contributed by atoms with van der Waals surface area (Å²) in [6, 6.07) is 11.8. The zero-order valence-corrected chi connectivity index (χ0v) is 12.6. The van der Waals surface area contributed by atoms with Crippen molar-refractivity contribution in [2.24, 2.45) is 0 Å². The summed E-state index contributed by atoms with van der Waals surface area (Å²) in [4.78, 5) is 12.9. The van der Waals surface area contributed by atoms with E-state index < -0.39 is 6.09 Å². The Morgan fingerprint density at radius 3 is 2.52 bits per heavy atom. The monoisotopic (exact) mass is 321 g/mol. The molecule has 0 aliphatic heterocycles. The Balaban J connectivity index is 2.58. The van der Waals surface area contributed by atoms with Crippen molar-refractivity contribution >= 4 is 40.7 Å². The van der Waals surface area contributed by atoms with E-state index in [1.807, 2.05) is 0 Å². The normalized spacial score (nSPS) is 10.2. The summed E-state index contributed by atoms with van der Waals surface area (Å²) in [5.41, 5.74) is 1.79. The topological polar surface area (TPSA) is 40.5 Å². The molecule has 1 amide bonds. The number of rotatable bonds is 4. The third kappa shape index (κ3) is 3.57. The second-order valence-corrected chi connectivity index (χ2v) is 5.24. The molecule has 0 atom stereocenters. The molecule has 0 unspecified atom stereocenters. The molecule has 21 heavy (non-hydrogen) atoms. The lowest BCUT2D eigenvalue weighted by molar-refractivity contribution is 0.204. The van der Waals surface area contributed by atoms with Gasteiger partial charge in [0.2, 0.25) is 0 Å². The van der Waals surface area contributed by atoms with Gasteiger partial charge in [-0.15, -0.1) is 6.58 Å². The largest absolute Gasteiger partial charge is 0.464 e. The summed E-state index contributed by atoms with van der Waals surface area (Å²) in [5.74, 6) is 0. The summed E-state index contributed by atoms with van der Waals surface area (Å²) in [6.07, 6.45) is 1.12. The summed E-state index contributed by atoms with van der Waals surface area (Å²) in [6.45, 7) is 3.69. The van der Waals surface area contributed by atoms with Crippen molar-refractivity contribution in [1.29, 1.82) is 0 Å². The summed E-state index contributed by atoms with van der Waals surface area (Å²) in [5, 5.41) is 10.6. The van der Waals surface area contributed by atoms with Crippen molar-refractivity contribution < 1.29 is 9.90 Å². The van der Waals surface area contributed by atoms with Crippen LogP contribution in [0.15, 0.2) is 55.1 Å². The van der Waals surface area contributed by atoms with Crippen molar-refractivity contribution in [3.05, 3.63) is 70.7 Å². The van der Waals surface area contributed by atoms with Gasteiger partial charge in [-0.25, -0.2) is 9.69 Å². The number of hydrogen-bond donors (Lipinski definition) is 1. The van der Waals surface area contributed by atoms with E-state index in [9.17, 15) is 9.90 Å². The molecule has 0 saturated heterocycles. The molecule has 2 rings (SSSR count). The zero-order valence-electron chi connectivity index (χ0n) is 11.1. The van der Waals surface area contributed by atoms with E-state index in [-0.39, 0.29) is 0 Å². The van der Waals surface area contributed by atoms with Gasteiger partial charge in [0, 0.05) is 10.0 Å². The highest BCUT2D eigenvalue weighted by molar-refractivity contribution is 6.31. The molecule has 0 spiro atoms. The maximum Gasteiger partial charge on any atom is 0.416 e. The first kappa shape index (κ1) is 15.4. The Bertz CT molecular complexity index is 686. The van der Waals surface area contributed by atoms with Gasteiger partial charge >= 0.3 is 6.09 Å². The fraction of sp³-hybridized carbons (Fsp3) is 0.0625. The molecule has 1 N–H and O–H groups in total. The molecule has 2 aromatic carbocycles. The molecule has 3 nitrogen and oxygen atoms in total. The van der Waals surface area contributed by atoms with E-state index in [0.717, 1.165) is 5.56 Å². The van der Waals surface area contributed by atoms with Crippen LogP contribution in [0.1, 0.15) is 5.56 Å². The molecule has 0 aromatic heterocycles. The SMILES string of the molecule is C=CCc1cc(Cl)ccc1N(C(=O)O)c1cccc(Cl)c1. The van der Waals surface area contributed by atoms with Crippen LogP contribution in [0.25, 0.3) is 0 Å². The molecule has 0 aliphatic carbocycles. The molecule has 0 aliphatic rings.